The molecule has 4 rings (SSSR count). The van der Waals surface area contributed by atoms with Crippen molar-refractivity contribution in [2.75, 3.05) is 39.4 Å². The molecule has 2 fully saturated rings. The molecule has 1 aromatic heterocycles. The summed E-state index contributed by atoms with van der Waals surface area (Å²) in [5, 5.41) is 17.0. The van der Waals surface area contributed by atoms with Gasteiger partial charge in [-0.1, -0.05) is 12.1 Å². The Morgan fingerprint density at radius 3 is 3.04 bits per heavy atom. The topological polar surface area (TPSA) is 91.9 Å². The Kier molecular flexibility index (Phi) is 4.17. The summed E-state index contributed by atoms with van der Waals surface area (Å²) in [5.74, 6) is -0.465. The molecule has 2 aliphatic heterocycles. The lowest BCUT2D eigenvalue weighted by Gasteiger charge is -2.30. The highest BCUT2D eigenvalue weighted by atomic mass is 16.6. The van der Waals surface area contributed by atoms with Gasteiger partial charge in [-0.05, 0) is 21.9 Å². The molecule has 8 nitrogen and oxygen atoms in total. The van der Waals surface area contributed by atoms with Crippen LogP contribution in [0.3, 0.4) is 0 Å². The van der Waals surface area contributed by atoms with E-state index in [0.717, 1.165) is 36.2 Å². The highest BCUT2D eigenvalue weighted by Gasteiger charge is 2.34. The molecule has 0 spiro atoms. The summed E-state index contributed by atoms with van der Waals surface area (Å²) in [5.41, 5.74) is 2.62. The van der Waals surface area contributed by atoms with Gasteiger partial charge in [0.05, 0.1) is 19.8 Å². The van der Waals surface area contributed by atoms with Crippen molar-refractivity contribution in [1.82, 2.24) is 20.1 Å². The molecule has 3 heterocycles. The van der Waals surface area contributed by atoms with Crippen molar-refractivity contribution < 1.29 is 19.3 Å². The average molecular weight is 332 g/mol. The molecule has 0 aliphatic carbocycles. The number of benzene rings is 1. The molecule has 24 heavy (non-hydrogen) atoms. The van der Waals surface area contributed by atoms with Crippen LogP contribution in [0, 0.1) is 5.92 Å². The molecular formula is C16H20N4O4. The minimum atomic E-state index is -0.777. The minimum Gasteiger partial charge on any atom is -0.480 e. The Hall–Kier alpha value is -2.03. The number of fused-ring (bicyclic) bond motifs is 4. The Morgan fingerprint density at radius 2 is 2.17 bits per heavy atom. The van der Waals surface area contributed by atoms with Gasteiger partial charge >= 0.3 is 5.97 Å². The van der Waals surface area contributed by atoms with Gasteiger partial charge in [-0.3, -0.25) is 14.6 Å². The lowest BCUT2D eigenvalue weighted by Crippen LogP contribution is -2.44. The normalized spacial score (nSPS) is 25.7. The van der Waals surface area contributed by atoms with Crippen molar-refractivity contribution in [1.29, 1.82) is 0 Å². The molecule has 2 bridgehead atoms. The predicted octanol–water partition coefficient (Wildman–Crippen LogP) is 0.440. The zero-order valence-electron chi connectivity index (χ0n) is 13.3. The quantitative estimate of drug-likeness (QED) is 0.862. The molecular weight excluding hydrogens is 312 g/mol. The predicted molar refractivity (Wildman–Crippen MR) is 84.4 cm³/mol. The molecule has 0 unspecified atom stereocenters. The van der Waals surface area contributed by atoms with Gasteiger partial charge in [0.15, 0.2) is 0 Å². The van der Waals surface area contributed by atoms with Gasteiger partial charge < -0.3 is 9.84 Å². The fourth-order valence-corrected chi connectivity index (χ4v) is 3.75. The molecule has 0 radical (unpaired) electrons. The third kappa shape index (κ3) is 3.12. The largest absolute Gasteiger partial charge is 0.480 e. The number of aromatic nitrogens is 2. The van der Waals surface area contributed by atoms with Gasteiger partial charge in [0.2, 0.25) is 0 Å². The molecule has 2 saturated heterocycles. The number of carboxylic acid groups (broad SMARTS) is 1. The number of carboxylic acids is 1. The van der Waals surface area contributed by atoms with Gasteiger partial charge in [0.25, 0.3) is 0 Å². The molecule has 0 amide bonds. The van der Waals surface area contributed by atoms with Crippen LogP contribution >= 0.6 is 0 Å². The lowest BCUT2D eigenvalue weighted by atomic mass is 10.1. The first-order valence-electron chi connectivity index (χ1n) is 8.15. The maximum absolute atomic E-state index is 11.1. The number of rotatable bonds is 4. The third-order valence-corrected chi connectivity index (χ3v) is 4.76. The summed E-state index contributed by atoms with van der Waals surface area (Å²) in [6.45, 7) is 4.48. The van der Waals surface area contributed by atoms with Crippen LogP contribution < -0.4 is 0 Å². The van der Waals surface area contributed by atoms with Crippen LogP contribution in [0.25, 0.3) is 11.0 Å². The van der Waals surface area contributed by atoms with E-state index in [9.17, 15) is 4.79 Å². The van der Waals surface area contributed by atoms with Crippen LogP contribution in [-0.2, 0) is 16.1 Å². The summed E-state index contributed by atoms with van der Waals surface area (Å²) >= 11 is 0. The average Bonchev–Trinajstić information content (AvgIpc) is 2.85. The molecule has 2 atom stereocenters. The SMILES string of the molecule is O=C(O)CN1C[C@@H]2COC[C@H](C1)N(Cc1cccc3nonc13)C2. The first kappa shape index (κ1) is 15.5. The Balaban J connectivity index is 1.56. The number of carbonyl (C=O) groups is 1. The summed E-state index contributed by atoms with van der Waals surface area (Å²) < 4.78 is 10.6. The number of hydrogen-bond acceptors (Lipinski definition) is 7. The van der Waals surface area contributed by atoms with Crippen LogP contribution in [0.4, 0.5) is 0 Å². The van der Waals surface area contributed by atoms with E-state index in [0.29, 0.717) is 25.7 Å². The monoisotopic (exact) mass is 332 g/mol. The first-order chi connectivity index (χ1) is 11.7. The second kappa shape index (κ2) is 6.46. The van der Waals surface area contributed by atoms with E-state index in [1.54, 1.807) is 0 Å². The van der Waals surface area contributed by atoms with Crippen LogP contribution in [-0.4, -0.2) is 76.6 Å². The van der Waals surface area contributed by atoms with E-state index in [4.69, 9.17) is 14.5 Å². The third-order valence-electron chi connectivity index (χ3n) is 4.76. The standard InChI is InChI=1S/C16H20N4O4/c21-15(22)8-19-4-11-5-20(13(7-19)10-23-9-11)6-12-2-1-3-14-16(12)18-24-17-14/h1-3,11,13H,4-10H2,(H,21,22)/t11-,13-/m0/s1. The first-order valence-corrected chi connectivity index (χ1v) is 8.15. The van der Waals surface area contributed by atoms with Crippen molar-refractivity contribution in [2.45, 2.75) is 12.6 Å². The molecule has 0 saturated carbocycles. The Labute approximate surface area is 138 Å². The van der Waals surface area contributed by atoms with Gasteiger partial charge in [-0.2, -0.15) is 0 Å². The smallest absolute Gasteiger partial charge is 0.317 e. The molecule has 8 heteroatoms. The highest BCUT2D eigenvalue weighted by molar-refractivity contribution is 5.76. The van der Waals surface area contributed by atoms with Crippen molar-refractivity contribution in [3.8, 4) is 0 Å². The number of nitrogens with zero attached hydrogens (tertiary/aromatic N) is 4. The van der Waals surface area contributed by atoms with E-state index >= 15 is 0 Å². The lowest BCUT2D eigenvalue weighted by molar-refractivity contribution is -0.138. The van der Waals surface area contributed by atoms with Gasteiger partial charge in [-0.15, -0.1) is 0 Å². The fourth-order valence-electron chi connectivity index (χ4n) is 3.75. The fraction of sp³-hybridized carbons (Fsp3) is 0.562. The summed E-state index contributed by atoms with van der Waals surface area (Å²) in [7, 11) is 0. The van der Waals surface area contributed by atoms with Crippen molar-refractivity contribution in [3.63, 3.8) is 0 Å². The summed E-state index contributed by atoms with van der Waals surface area (Å²) in [6, 6.07) is 6.05. The van der Waals surface area contributed by atoms with Crippen LogP contribution in [0.1, 0.15) is 5.56 Å². The molecule has 2 aromatic rings. The molecule has 2 aliphatic rings. The number of ether oxygens (including phenoxy) is 1. The molecule has 1 aromatic carbocycles. The van der Waals surface area contributed by atoms with Gasteiger partial charge in [0, 0.05) is 38.1 Å². The number of hydrogen-bond donors (Lipinski definition) is 1. The van der Waals surface area contributed by atoms with E-state index in [1.807, 2.05) is 23.1 Å². The zero-order valence-corrected chi connectivity index (χ0v) is 13.3. The molecule has 128 valence electrons. The van der Waals surface area contributed by atoms with E-state index in [2.05, 4.69) is 15.2 Å². The Bertz CT molecular complexity index is 734. The van der Waals surface area contributed by atoms with Crippen molar-refractivity contribution in [3.05, 3.63) is 23.8 Å². The van der Waals surface area contributed by atoms with Crippen LogP contribution in [0.5, 0.6) is 0 Å². The van der Waals surface area contributed by atoms with Gasteiger partial charge in [-0.25, -0.2) is 4.63 Å². The maximum Gasteiger partial charge on any atom is 0.317 e. The summed E-state index contributed by atoms with van der Waals surface area (Å²) in [6.07, 6.45) is 0. The van der Waals surface area contributed by atoms with E-state index in [1.165, 1.54) is 0 Å². The zero-order chi connectivity index (χ0) is 16.5. The Morgan fingerprint density at radius 1 is 1.25 bits per heavy atom. The van der Waals surface area contributed by atoms with E-state index < -0.39 is 5.97 Å². The highest BCUT2D eigenvalue weighted by Crippen LogP contribution is 2.24. The molecule has 1 N–H and O–H groups in total. The van der Waals surface area contributed by atoms with Crippen molar-refractivity contribution >= 4 is 17.0 Å². The maximum atomic E-state index is 11.1. The van der Waals surface area contributed by atoms with Gasteiger partial charge in [0.1, 0.15) is 11.0 Å². The second-order valence-corrected chi connectivity index (χ2v) is 6.62. The second-order valence-electron chi connectivity index (χ2n) is 6.62. The number of aliphatic carboxylic acids is 1. The van der Waals surface area contributed by atoms with Crippen molar-refractivity contribution in [2.24, 2.45) is 5.92 Å². The van der Waals surface area contributed by atoms with Crippen LogP contribution in [0.2, 0.25) is 0 Å². The minimum absolute atomic E-state index is 0.0869. The van der Waals surface area contributed by atoms with E-state index in [-0.39, 0.29) is 12.6 Å². The summed E-state index contributed by atoms with van der Waals surface area (Å²) in [4.78, 5) is 15.5. The van der Waals surface area contributed by atoms with Crippen LogP contribution in [0.15, 0.2) is 22.8 Å².